The predicted molar refractivity (Wildman–Crippen MR) is 122 cm³/mol. The quantitative estimate of drug-likeness (QED) is 0.477. The zero-order valence-electron chi connectivity index (χ0n) is 17.9. The summed E-state index contributed by atoms with van der Waals surface area (Å²) in [6.07, 6.45) is 11.3. The minimum absolute atomic E-state index is 0.183. The van der Waals surface area contributed by atoms with Crippen molar-refractivity contribution in [2.24, 2.45) is 0 Å². The monoisotopic (exact) mass is 402 g/mol. The first-order valence-corrected chi connectivity index (χ1v) is 10.0. The summed E-state index contributed by atoms with van der Waals surface area (Å²) in [6, 6.07) is 8.20. The number of fused-ring (bicyclic) bond motifs is 1. The van der Waals surface area contributed by atoms with Gasteiger partial charge in [-0.25, -0.2) is 8.91 Å². The van der Waals surface area contributed by atoms with Gasteiger partial charge >= 0.3 is 0 Å². The molecule has 0 aliphatic carbocycles. The summed E-state index contributed by atoms with van der Waals surface area (Å²) in [6.45, 7) is 11.8. The van der Waals surface area contributed by atoms with Crippen LogP contribution in [0.2, 0.25) is 0 Å². The van der Waals surface area contributed by atoms with Gasteiger partial charge in [0.1, 0.15) is 5.83 Å². The van der Waals surface area contributed by atoms with E-state index in [4.69, 9.17) is 0 Å². The topological polar surface area (TPSA) is 42.2 Å². The summed E-state index contributed by atoms with van der Waals surface area (Å²) >= 11 is 0. The molecule has 0 fully saturated rings. The molecule has 0 aliphatic rings. The van der Waals surface area contributed by atoms with Gasteiger partial charge in [-0.15, -0.1) is 0 Å². The lowest BCUT2D eigenvalue weighted by atomic mass is 9.95. The Labute approximate surface area is 177 Å². The molecule has 3 aromatic heterocycles. The number of nitrogens with one attached hydrogen (secondary N) is 1. The average Bonchev–Trinajstić information content (AvgIpc) is 3.22. The highest BCUT2D eigenvalue weighted by Crippen LogP contribution is 2.28. The van der Waals surface area contributed by atoms with E-state index in [1.165, 1.54) is 6.08 Å². The molecule has 30 heavy (non-hydrogen) atoms. The van der Waals surface area contributed by atoms with Gasteiger partial charge in [0.2, 0.25) is 0 Å². The molecular formula is C25H27FN4. The van der Waals surface area contributed by atoms with Crippen molar-refractivity contribution >= 4 is 16.8 Å². The second-order valence-electron chi connectivity index (χ2n) is 6.97. The van der Waals surface area contributed by atoms with Crippen LogP contribution in [0, 0.1) is 6.92 Å². The maximum absolute atomic E-state index is 13.7. The third-order valence-electron chi connectivity index (χ3n) is 4.98. The predicted octanol–water partition coefficient (Wildman–Crippen LogP) is 6.22. The van der Waals surface area contributed by atoms with Crippen molar-refractivity contribution in [1.29, 1.82) is 0 Å². The molecule has 0 spiro atoms. The van der Waals surface area contributed by atoms with E-state index in [1.54, 1.807) is 19.3 Å². The molecule has 3 aromatic rings. The van der Waals surface area contributed by atoms with Crippen molar-refractivity contribution < 1.29 is 4.39 Å². The van der Waals surface area contributed by atoms with Gasteiger partial charge in [0.05, 0.1) is 5.52 Å². The van der Waals surface area contributed by atoms with Crippen LogP contribution in [0.15, 0.2) is 79.2 Å². The Morgan fingerprint density at radius 2 is 2.00 bits per heavy atom. The van der Waals surface area contributed by atoms with Gasteiger partial charge < -0.3 is 5.32 Å². The van der Waals surface area contributed by atoms with Gasteiger partial charge in [0.15, 0.2) is 0 Å². The number of aromatic nitrogens is 3. The molecule has 5 heteroatoms. The Morgan fingerprint density at radius 3 is 2.70 bits per heavy atom. The lowest BCUT2D eigenvalue weighted by molar-refractivity contribution is 0.602. The summed E-state index contributed by atoms with van der Waals surface area (Å²) in [7, 11) is 0. The summed E-state index contributed by atoms with van der Waals surface area (Å²) in [4.78, 5) is 4.59. The summed E-state index contributed by atoms with van der Waals surface area (Å²) < 4.78 is 15.5. The Morgan fingerprint density at radius 1 is 1.20 bits per heavy atom. The first-order chi connectivity index (χ1) is 14.5. The van der Waals surface area contributed by atoms with Crippen molar-refractivity contribution in [3.05, 3.63) is 102 Å². The second-order valence-corrected chi connectivity index (χ2v) is 6.97. The summed E-state index contributed by atoms with van der Waals surface area (Å²) in [5.41, 5.74) is 7.34. The molecule has 0 unspecified atom stereocenters. The number of hydrogen-bond donors (Lipinski definition) is 1. The van der Waals surface area contributed by atoms with E-state index in [1.807, 2.05) is 49.7 Å². The van der Waals surface area contributed by atoms with Crippen molar-refractivity contribution in [1.82, 2.24) is 19.9 Å². The molecular weight excluding hydrogens is 375 g/mol. The van der Waals surface area contributed by atoms with Crippen LogP contribution in [0.25, 0.3) is 16.8 Å². The zero-order chi connectivity index (χ0) is 21.7. The maximum atomic E-state index is 13.7. The van der Waals surface area contributed by atoms with Gasteiger partial charge in [-0.05, 0) is 68.7 Å². The molecule has 0 aliphatic heterocycles. The minimum atomic E-state index is -0.183. The smallest absolute Gasteiger partial charge is 0.102 e. The van der Waals surface area contributed by atoms with E-state index in [2.05, 4.69) is 40.2 Å². The molecule has 1 N–H and O–H groups in total. The van der Waals surface area contributed by atoms with Crippen LogP contribution in [0.3, 0.4) is 0 Å². The fourth-order valence-electron chi connectivity index (χ4n) is 3.25. The number of pyridine rings is 2. The molecule has 0 amide bonds. The molecule has 4 nitrogen and oxygen atoms in total. The Balaban J connectivity index is 1.94. The van der Waals surface area contributed by atoms with Crippen molar-refractivity contribution in [2.45, 2.75) is 34.1 Å². The van der Waals surface area contributed by atoms with Crippen LogP contribution in [-0.4, -0.2) is 14.6 Å². The number of allylic oxidation sites excluding steroid dienone is 4. The van der Waals surface area contributed by atoms with E-state index in [9.17, 15) is 4.39 Å². The first-order valence-electron chi connectivity index (χ1n) is 10.0. The molecule has 3 heterocycles. The normalized spacial score (nSPS) is 13.0. The first kappa shape index (κ1) is 21.2. The fraction of sp³-hybridized carbons (Fsp3) is 0.200. The minimum Gasteiger partial charge on any atom is -0.356 e. The Kier molecular flexibility index (Phi) is 6.62. The van der Waals surface area contributed by atoms with Crippen molar-refractivity contribution in [3.8, 4) is 0 Å². The Hall–Kier alpha value is -3.47. The number of nitrogens with zero attached hydrogens (tertiary/aromatic N) is 3. The van der Waals surface area contributed by atoms with Crippen LogP contribution in [-0.2, 0) is 0 Å². The van der Waals surface area contributed by atoms with Crippen LogP contribution < -0.4 is 5.32 Å². The molecule has 0 bridgehead atoms. The molecule has 154 valence electrons. The van der Waals surface area contributed by atoms with Crippen LogP contribution in [0.1, 0.15) is 49.6 Å². The summed E-state index contributed by atoms with van der Waals surface area (Å²) in [5.74, 6) is -0.183. The van der Waals surface area contributed by atoms with Gasteiger partial charge in [-0.2, -0.15) is 5.10 Å². The standard InChI is InChI=1S/C25H27FN4/c1-6-21(26)15-22(7-2)29-17(4)20-14-25(18(5)27-16-20)24(8-3)19-10-12-30-23(13-19)9-11-28-30/h7-16,29H,4,6H2,1-3,5H3/b21-15+,22-7+,24-8-. The third kappa shape index (κ3) is 4.57. The number of halogens is 1. The zero-order valence-corrected chi connectivity index (χ0v) is 17.9. The van der Waals surface area contributed by atoms with E-state index >= 15 is 0 Å². The highest BCUT2D eigenvalue weighted by atomic mass is 19.1. The number of hydrogen-bond acceptors (Lipinski definition) is 3. The van der Waals surface area contributed by atoms with Crippen LogP contribution in [0.4, 0.5) is 4.39 Å². The van der Waals surface area contributed by atoms with Crippen LogP contribution in [0.5, 0.6) is 0 Å². The number of aryl methyl sites for hydroxylation is 1. The fourth-order valence-corrected chi connectivity index (χ4v) is 3.25. The highest BCUT2D eigenvalue weighted by Gasteiger charge is 2.12. The molecule has 0 saturated carbocycles. The number of rotatable bonds is 7. The van der Waals surface area contributed by atoms with E-state index in [0.29, 0.717) is 17.8 Å². The average molecular weight is 403 g/mol. The van der Waals surface area contributed by atoms with E-state index in [0.717, 1.165) is 33.5 Å². The maximum Gasteiger partial charge on any atom is 0.102 e. The van der Waals surface area contributed by atoms with Gasteiger partial charge in [0.25, 0.3) is 0 Å². The molecule has 3 rings (SSSR count). The molecule has 0 atom stereocenters. The van der Waals surface area contributed by atoms with Gasteiger partial charge in [0, 0.05) is 46.8 Å². The molecule has 0 radical (unpaired) electrons. The van der Waals surface area contributed by atoms with Crippen LogP contribution >= 0.6 is 0 Å². The molecule has 0 aromatic carbocycles. The second kappa shape index (κ2) is 9.35. The summed E-state index contributed by atoms with van der Waals surface area (Å²) in [5, 5.41) is 7.45. The lowest BCUT2D eigenvalue weighted by Crippen LogP contribution is -2.10. The van der Waals surface area contributed by atoms with Gasteiger partial charge in [-0.1, -0.05) is 25.7 Å². The third-order valence-corrected chi connectivity index (χ3v) is 4.98. The van der Waals surface area contributed by atoms with Gasteiger partial charge in [-0.3, -0.25) is 4.98 Å². The Bertz CT molecular complexity index is 1160. The van der Waals surface area contributed by atoms with E-state index < -0.39 is 0 Å². The highest BCUT2D eigenvalue weighted by molar-refractivity contribution is 5.83. The lowest BCUT2D eigenvalue weighted by Gasteiger charge is -2.15. The molecule has 0 saturated heterocycles. The van der Waals surface area contributed by atoms with Crippen molar-refractivity contribution in [2.75, 3.05) is 0 Å². The SMILES string of the molecule is C=C(NC(/C=C(/F)CC)=C/C)c1cnc(C)c(/C(=C\C)c2ccn3nccc3c2)c1. The van der Waals surface area contributed by atoms with Crippen molar-refractivity contribution in [3.63, 3.8) is 0 Å². The largest absolute Gasteiger partial charge is 0.356 e. The van der Waals surface area contributed by atoms with E-state index in [-0.39, 0.29) is 5.83 Å².